The van der Waals surface area contributed by atoms with Crippen molar-refractivity contribution in [3.63, 3.8) is 0 Å². The molecule has 9 heteroatoms. The van der Waals surface area contributed by atoms with Crippen molar-refractivity contribution in [3.05, 3.63) is 82.4 Å². The summed E-state index contributed by atoms with van der Waals surface area (Å²) in [5.41, 5.74) is 1.71. The Morgan fingerprint density at radius 3 is 1.87 bits per heavy atom. The molecule has 0 aliphatic rings. The van der Waals surface area contributed by atoms with E-state index in [1.165, 1.54) is 13.2 Å². The second-order valence-corrected chi connectivity index (χ2v) is 8.87. The molecule has 3 aromatic rings. The molecule has 0 aliphatic carbocycles. The zero-order valence-electron chi connectivity index (χ0n) is 21.6. The SMILES string of the molecule is COCC(CO)CC(=O)C(=O)c1ccc(OCc2ccc(OC)cc2)c(OCc2ccc(OC)cc2)c1Cl. The minimum absolute atomic E-state index is 0.00713. The van der Waals surface area contributed by atoms with Crippen LogP contribution in [0.3, 0.4) is 0 Å². The van der Waals surface area contributed by atoms with Crippen molar-refractivity contribution in [2.24, 2.45) is 5.92 Å². The second kappa shape index (κ2) is 14.4. The van der Waals surface area contributed by atoms with Crippen molar-refractivity contribution in [2.45, 2.75) is 19.6 Å². The monoisotopic (exact) mass is 542 g/mol. The Morgan fingerprint density at radius 1 is 0.816 bits per heavy atom. The normalized spacial score (nSPS) is 11.5. The lowest BCUT2D eigenvalue weighted by Gasteiger charge is -2.17. The van der Waals surface area contributed by atoms with Crippen LogP contribution < -0.4 is 18.9 Å². The molecule has 0 bridgehead atoms. The van der Waals surface area contributed by atoms with Crippen LogP contribution in [0.1, 0.15) is 27.9 Å². The average Bonchev–Trinajstić information content (AvgIpc) is 2.95. The van der Waals surface area contributed by atoms with Gasteiger partial charge in [-0.05, 0) is 47.5 Å². The van der Waals surface area contributed by atoms with Gasteiger partial charge in [-0.1, -0.05) is 35.9 Å². The average molecular weight is 543 g/mol. The molecule has 0 heterocycles. The molecular weight excluding hydrogens is 512 g/mol. The first-order valence-electron chi connectivity index (χ1n) is 11.9. The summed E-state index contributed by atoms with van der Waals surface area (Å²) < 4.78 is 27.4. The summed E-state index contributed by atoms with van der Waals surface area (Å²) in [5, 5.41) is 9.43. The molecule has 3 rings (SSSR count). The molecule has 8 nitrogen and oxygen atoms in total. The number of carbonyl (C=O) groups is 2. The highest BCUT2D eigenvalue weighted by Gasteiger charge is 2.26. The molecule has 0 saturated heterocycles. The third-order valence-corrected chi connectivity index (χ3v) is 6.16. The van der Waals surface area contributed by atoms with Crippen molar-refractivity contribution in [1.82, 2.24) is 0 Å². The molecule has 0 amide bonds. The van der Waals surface area contributed by atoms with E-state index >= 15 is 0 Å². The number of halogens is 1. The Kier molecular flexibility index (Phi) is 11.0. The maximum Gasteiger partial charge on any atom is 0.230 e. The van der Waals surface area contributed by atoms with Crippen LogP contribution in [0.15, 0.2) is 60.7 Å². The van der Waals surface area contributed by atoms with Gasteiger partial charge in [0.2, 0.25) is 11.6 Å². The van der Waals surface area contributed by atoms with Crippen LogP contribution in [0.2, 0.25) is 5.02 Å². The van der Waals surface area contributed by atoms with Crippen molar-refractivity contribution >= 4 is 23.2 Å². The molecule has 0 spiro atoms. The van der Waals surface area contributed by atoms with E-state index in [4.69, 9.17) is 35.3 Å². The number of ether oxygens (including phenoxy) is 5. The first-order valence-corrected chi connectivity index (χ1v) is 12.3. The predicted molar refractivity (Wildman–Crippen MR) is 143 cm³/mol. The van der Waals surface area contributed by atoms with Gasteiger partial charge in [-0.3, -0.25) is 9.59 Å². The third-order valence-electron chi connectivity index (χ3n) is 5.79. The third kappa shape index (κ3) is 7.71. The molecule has 0 radical (unpaired) electrons. The number of rotatable bonds is 15. The quantitative estimate of drug-likeness (QED) is 0.213. The van der Waals surface area contributed by atoms with E-state index in [0.717, 1.165) is 16.9 Å². The van der Waals surface area contributed by atoms with Crippen LogP contribution in [-0.4, -0.2) is 51.2 Å². The molecule has 3 aromatic carbocycles. The number of hydrogen-bond acceptors (Lipinski definition) is 8. The fourth-order valence-corrected chi connectivity index (χ4v) is 3.94. The van der Waals surface area contributed by atoms with Crippen LogP contribution in [-0.2, 0) is 22.7 Å². The van der Waals surface area contributed by atoms with Gasteiger partial charge in [-0.2, -0.15) is 0 Å². The highest BCUT2D eigenvalue weighted by atomic mass is 35.5. The van der Waals surface area contributed by atoms with E-state index in [2.05, 4.69) is 0 Å². The van der Waals surface area contributed by atoms with E-state index in [9.17, 15) is 14.7 Å². The maximum atomic E-state index is 13.0. The Hall–Kier alpha value is -3.59. The van der Waals surface area contributed by atoms with Crippen molar-refractivity contribution in [1.29, 1.82) is 0 Å². The molecule has 0 saturated carbocycles. The van der Waals surface area contributed by atoms with Crippen LogP contribution in [0.25, 0.3) is 0 Å². The van der Waals surface area contributed by atoms with Gasteiger partial charge in [0.1, 0.15) is 24.7 Å². The second-order valence-electron chi connectivity index (χ2n) is 8.49. The molecule has 1 atom stereocenters. The van der Waals surface area contributed by atoms with Gasteiger partial charge in [-0.15, -0.1) is 0 Å². The lowest BCUT2D eigenvalue weighted by molar-refractivity contribution is -0.116. The molecular formula is C29H31ClO8. The van der Waals surface area contributed by atoms with Crippen molar-refractivity contribution in [3.8, 4) is 23.0 Å². The Balaban J connectivity index is 1.85. The van der Waals surface area contributed by atoms with Crippen LogP contribution in [0.4, 0.5) is 0 Å². The minimum Gasteiger partial charge on any atom is -0.497 e. The van der Waals surface area contributed by atoms with Gasteiger partial charge in [0.25, 0.3) is 0 Å². The number of benzene rings is 3. The van der Waals surface area contributed by atoms with E-state index in [0.29, 0.717) is 11.5 Å². The summed E-state index contributed by atoms with van der Waals surface area (Å²) in [5.74, 6) is -0.0660. The largest absolute Gasteiger partial charge is 0.497 e. The Labute approximate surface area is 227 Å². The number of ketones is 2. The summed E-state index contributed by atoms with van der Waals surface area (Å²) in [6.45, 7) is 0.210. The van der Waals surface area contributed by atoms with Gasteiger partial charge < -0.3 is 28.8 Å². The van der Waals surface area contributed by atoms with Crippen molar-refractivity contribution in [2.75, 3.05) is 34.5 Å². The predicted octanol–water partition coefficient (Wildman–Crippen LogP) is 4.91. The number of aliphatic hydroxyl groups is 1. The van der Waals surface area contributed by atoms with Crippen LogP contribution in [0, 0.1) is 5.92 Å². The smallest absolute Gasteiger partial charge is 0.230 e. The van der Waals surface area contributed by atoms with Gasteiger partial charge in [0.15, 0.2) is 11.5 Å². The standard InChI is InChI=1S/C29H31ClO8/c1-34-16-21(15-31)14-25(32)28(33)24-12-13-26(37-17-19-4-8-22(35-2)9-5-19)29(27(24)30)38-18-20-6-10-23(36-3)11-7-20/h4-13,21,31H,14-18H2,1-3H3. The zero-order valence-corrected chi connectivity index (χ0v) is 22.3. The zero-order chi connectivity index (χ0) is 27.5. The van der Waals surface area contributed by atoms with Gasteiger partial charge in [0, 0.05) is 31.6 Å². The highest BCUT2D eigenvalue weighted by Crippen LogP contribution is 2.39. The van der Waals surface area contributed by atoms with Gasteiger partial charge in [-0.25, -0.2) is 0 Å². The number of Topliss-reactive ketones (excluding diaryl/α,β-unsaturated/α-hetero) is 2. The van der Waals surface area contributed by atoms with Crippen molar-refractivity contribution < 1.29 is 38.4 Å². The van der Waals surface area contributed by atoms with Crippen LogP contribution in [0.5, 0.6) is 23.0 Å². The lowest BCUT2D eigenvalue weighted by Crippen LogP contribution is -2.23. The van der Waals surface area contributed by atoms with E-state index in [1.54, 1.807) is 32.4 Å². The molecule has 0 fully saturated rings. The Bertz CT molecular complexity index is 1210. The van der Waals surface area contributed by atoms with E-state index in [-0.39, 0.29) is 49.2 Å². The van der Waals surface area contributed by atoms with E-state index in [1.807, 2.05) is 36.4 Å². The molecule has 0 aliphatic heterocycles. The fourth-order valence-electron chi connectivity index (χ4n) is 3.64. The van der Waals surface area contributed by atoms with Gasteiger partial charge >= 0.3 is 0 Å². The fraction of sp³-hybridized carbons (Fsp3) is 0.310. The first kappa shape index (κ1) is 29.0. The summed E-state index contributed by atoms with van der Waals surface area (Å²) in [6, 6.07) is 17.7. The summed E-state index contributed by atoms with van der Waals surface area (Å²) in [7, 11) is 4.64. The highest BCUT2D eigenvalue weighted by molar-refractivity contribution is 6.48. The summed E-state index contributed by atoms with van der Waals surface area (Å²) in [6.07, 6.45) is -0.169. The van der Waals surface area contributed by atoms with Crippen LogP contribution >= 0.6 is 11.6 Å². The number of aliphatic hydroxyl groups excluding tert-OH is 1. The minimum atomic E-state index is -0.777. The maximum absolute atomic E-state index is 13.0. The van der Waals surface area contributed by atoms with Gasteiger partial charge in [0.05, 0.1) is 25.8 Å². The summed E-state index contributed by atoms with van der Waals surface area (Å²) in [4.78, 5) is 25.7. The number of hydrogen-bond donors (Lipinski definition) is 1. The van der Waals surface area contributed by atoms with E-state index < -0.39 is 17.5 Å². The number of methoxy groups -OCH3 is 3. The molecule has 0 aromatic heterocycles. The molecule has 38 heavy (non-hydrogen) atoms. The molecule has 202 valence electrons. The lowest BCUT2D eigenvalue weighted by atomic mass is 9.98. The number of carbonyl (C=O) groups excluding carboxylic acids is 2. The Morgan fingerprint density at radius 2 is 1.37 bits per heavy atom. The molecule has 1 unspecified atom stereocenters. The molecule has 1 N–H and O–H groups in total. The topological polar surface area (TPSA) is 101 Å². The first-order chi connectivity index (χ1) is 18.4. The summed E-state index contributed by atoms with van der Waals surface area (Å²) >= 11 is 6.63.